The molecule has 0 fully saturated rings. The molecular weight excluding hydrogens is 388 g/mol. The fourth-order valence-electron chi connectivity index (χ4n) is 2.44. The summed E-state index contributed by atoms with van der Waals surface area (Å²) in [5, 5.41) is 2.08. The summed E-state index contributed by atoms with van der Waals surface area (Å²) in [5.74, 6) is -0.135. The summed E-state index contributed by atoms with van der Waals surface area (Å²) < 4.78 is 30.1. The van der Waals surface area contributed by atoms with E-state index < -0.39 is 22.0 Å². The Morgan fingerprint density at radius 2 is 1.67 bits per heavy atom. The molecule has 8 heteroatoms. The van der Waals surface area contributed by atoms with Crippen molar-refractivity contribution < 1.29 is 17.9 Å². The number of hydrazine groups is 1. The lowest BCUT2D eigenvalue weighted by atomic mass is 10.1. The maximum absolute atomic E-state index is 12.2. The Morgan fingerprint density at radius 3 is 2.41 bits per heavy atom. The maximum Gasteiger partial charge on any atom is 0.275 e. The van der Waals surface area contributed by atoms with Gasteiger partial charge in [0.2, 0.25) is 0 Å². The molecule has 0 aliphatic heterocycles. The zero-order valence-electron chi connectivity index (χ0n) is 14.3. The number of carbonyl (C=O) groups excluding carboxylic acids is 1. The second-order valence-corrected chi connectivity index (χ2v) is 7.85. The number of carbonyl (C=O) groups is 1. The van der Waals surface area contributed by atoms with Crippen molar-refractivity contribution >= 4 is 38.3 Å². The number of hydrogen-bond donors (Lipinski definition) is 2. The van der Waals surface area contributed by atoms with Gasteiger partial charge in [-0.3, -0.25) is 10.2 Å². The first-order valence-electron chi connectivity index (χ1n) is 8.08. The Balaban J connectivity index is 1.64. The molecule has 0 saturated heterocycles. The molecule has 0 saturated carbocycles. The smallest absolute Gasteiger partial charge is 0.275 e. The van der Waals surface area contributed by atoms with E-state index in [-0.39, 0.29) is 9.92 Å². The van der Waals surface area contributed by atoms with Gasteiger partial charge in [0.05, 0.1) is 5.02 Å². The topological polar surface area (TPSA) is 84.5 Å². The third-order valence-corrected chi connectivity index (χ3v) is 5.59. The molecule has 3 aromatic rings. The molecule has 0 radical (unpaired) electrons. The third-order valence-electron chi connectivity index (χ3n) is 3.84. The van der Waals surface area contributed by atoms with Crippen molar-refractivity contribution in [2.45, 2.75) is 17.9 Å². The van der Waals surface area contributed by atoms with E-state index >= 15 is 0 Å². The van der Waals surface area contributed by atoms with E-state index in [0.717, 1.165) is 10.8 Å². The SMILES string of the molecule is C[C@H](Oc1ccc2ccccc2c1)C(=O)NNS(=O)(=O)c1ccccc1Cl. The molecule has 3 rings (SSSR count). The largest absolute Gasteiger partial charge is 0.481 e. The summed E-state index contributed by atoms with van der Waals surface area (Å²) in [5.41, 5.74) is 2.15. The van der Waals surface area contributed by atoms with Gasteiger partial charge in [-0.05, 0) is 42.0 Å². The van der Waals surface area contributed by atoms with Gasteiger partial charge in [0.15, 0.2) is 6.10 Å². The second-order valence-electron chi connectivity index (χ2n) is 5.79. The first-order chi connectivity index (χ1) is 12.9. The molecule has 140 valence electrons. The first kappa shape index (κ1) is 19.2. The summed E-state index contributed by atoms with van der Waals surface area (Å²) in [7, 11) is -3.99. The lowest BCUT2D eigenvalue weighted by Gasteiger charge is -2.16. The monoisotopic (exact) mass is 404 g/mol. The predicted molar refractivity (Wildman–Crippen MR) is 104 cm³/mol. The van der Waals surface area contributed by atoms with Crippen LogP contribution in [0.3, 0.4) is 0 Å². The lowest BCUT2D eigenvalue weighted by Crippen LogP contribution is -2.47. The standard InChI is InChI=1S/C19H17ClN2O4S/c1-13(26-16-11-10-14-6-2-3-7-15(14)12-16)19(23)21-22-27(24,25)18-9-5-4-8-17(18)20/h2-13,22H,1H3,(H,21,23)/t13-/m0/s1. The molecule has 0 spiro atoms. The molecule has 0 heterocycles. The van der Waals surface area contributed by atoms with Gasteiger partial charge in [-0.1, -0.05) is 54.1 Å². The van der Waals surface area contributed by atoms with Gasteiger partial charge in [-0.15, -0.1) is 4.83 Å². The Kier molecular flexibility index (Phi) is 5.65. The van der Waals surface area contributed by atoms with Gasteiger partial charge in [-0.2, -0.15) is 0 Å². The molecule has 0 aliphatic carbocycles. The highest BCUT2D eigenvalue weighted by atomic mass is 35.5. The number of halogens is 1. The minimum atomic E-state index is -3.99. The maximum atomic E-state index is 12.2. The number of amides is 1. The van der Waals surface area contributed by atoms with Gasteiger partial charge >= 0.3 is 0 Å². The zero-order chi connectivity index (χ0) is 19.4. The summed E-state index contributed by atoms with van der Waals surface area (Å²) in [6.45, 7) is 1.52. The number of benzene rings is 3. The normalized spacial score (nSPS) is 12.5. The zero-order valence-corrected chi connectivity index (χ0v) is 15.9. The van der Waals surface area contributed by atoms with Gasteiger partial charge in [-0.25, -0.2) is 8.42 Å². The van der Waals surface area contributed by atoms with E-state index in [1.807, 2.05) is 41.2 Å². The van der Waals surface area contributed by atoms with Gasteiger partial charge in [0.1, 0.15) is 10.6 Å². The molecule has 0 bridgehead atoms. The van der Waals surface area contributed by atoms with E-state index in [1.54, 1.807) is 12.1 Å². The Bertz CT molecular complexity index is 1090. The van der Waals surface area contributed by atoms with Gasteiger partial charge in [0, 0.05) is 0 Å². The molecule has 3 aromatic carbocycles. The number of nitrogens with one attached hydrogen (secondary N) is 2. The van der Waals surface area contributed by atoms with Crippen LogP contribution in [0.1, 0.15) is 6.92 Å². The van der Waals surface area contributed by atoms with Crippen molar-refractivity contribution in [1.29, 1.82) is 0 Å². The lowest BCUT2D eigenvalue weighted by molar-refractivity contribution is -0.127. The van der Waals surface area contributed by atoms with Crippen LogP contribution in [0.4, 0.5) is 0 Å². The van der Waals surface area contributed by atoms with Crippen LogP contribution in [0.5, 0.6) is 5.75 Å². The number of ether oxygens (including phenoxy) is 1. The van der Waals surface area contributed by atoms with Crippen molar-refractivity contribution in [2.75, 3.05) is 0 Å². The molecule has 0 unspecified atom stereocenters. The molecule has 0 aliphatic rings. The highest BCUT2D eigenvalue weighted by molar-refractivity contribution is 7.89. The van der Waals surface area contributed by atoms with Crippen molar-refractivity contribution in [3.63, 3.8) is 0 Å². The van der Waals surface area contributed by atoms with E-state index in [1.165, 1.54) is 25.1 Å². The van der Waals surface area contributed by atoms with E-state index in [0.29, 0.717) is 5.75 Å². The quantitative estimate of drug-likeness (QED) is 0.617. The number of sulfonamides is 1. The Hall–Kier alpha value is -2.61. The van der Waals surface area contributed by atoms with Crippen LogP contribution in [0.2, 0.25) is 5.02 Å². The summed E-state index contributed by atoms with van der Waals surface area (Å²) in [4.78, 5) is 14.1. The molecule has 2 N–H and O–H groups in total. The second kappa shape index (κ2) is 7.96. The third kappa shape index (κ3) is 4.57. The minimum Gasteiger partial charge on any atom is -0.481 e. The van der Waals surface area contributed by atoms with E-state index in [4.69, 9.17) is 16.3 Å². The van der Waals surface area contributed by atoms with Crippen molar-refractivity contribution in [3.8, 4) is 5.75 Å². The average Bonchev–Trinajstić information content (AvgIpc) is 2.66. The van der Waals surface area contributed by atoms with Gasteiger partial charge in [0.25, 0.3) is 15.9 Å². The highest BCUT2D eigenvalue weighted by Crippen LogP contribution is 2.22. The molecule has 0 aromatic heterocycles. The van der Waals surface area contributed by atoms with Crippen LogP contribution in [-0.4, -0.2) is 20.4 Å². The van der Waals surface area contributed by atoms with Crippen molar-refractivity contribution in [1.82, 2.24) is 10.3 Å². The van der Waals surface area contributed by atoms with Gasteiger partial charge < -0.3 is 4.74 Å². The Morgan fingerprint density at radius 1 is 1.00 bits per heavy atom. The highest BCUT2D eigenvalue weighted by Gasteiger charge is 2.21. The molecule has 6 nitrogen and oxygen atoms in total. The van der Waals surface area contributed by atoms with Crippen LogP contribution < -0.4 is 15.0 Å². The summed E-state index contributed by atoms with van der Waals surface area (Å²) >= 11 is 5.89. The number of hydrogen-bond acceptors (Lipinski definition) is 4. The van der Waals surface area contributed by atoms with Crippen LogP contribution in [0, 0.1) is 0 Å². The molecule has 27 heavy (non-hydrogen) atoms. The molecular formula is C19H17ClN2O4S. The summed E-state index contributed by atoms with van der Waals surface area (Å²) in [6.07, 6.45) is -0.917. The minimum absolute atomic E-state index is 0.0553. The average molecular weight is 405 g/mol. The van der Waals surface area contributed by atoms with Crippen molar-refractivity contribution in [2.24, 2.45) is 0 Å². The van der Waals surface area contributed by atoms with Crippen molar-refractivity contribution in [3.05, 3.63) is 71.8 Å². The molecule has 1 atom stereocenters. The first-order valence-corrected chi connectivity index (χ1v) is 9.94. The number of rotatable bonds is 6. The summed E-state index contributed by atoms with van der Waals surface area (Å²) in [6, 6.07) is 19.1. The van der Waals surface area contributed by atoms with Crippen LogP contribution >= 0.6 is 11.6 Å². The predicted octanol–water partition coefficient (Wildman–Crippen LogP) is 3.27. The Labute approximate surface area is 162 Å². The van der Waals surface area contributed by atoms with Crippen LogP contribution in [0.15, 0.2) is 71.6 Å². The van der Waals surface area contributed by atoms with Crippen LogP contribution in [0.25, 0.3) is 10.8 Å². The van der Waals surface area contributed by atoms with E-state index in [2.05, 4.69) is 5.43 Å². The number of fused-ring (bicyclic) bond motifs is 1. The van der Waals surface area contributed by atoms with Crippen LogP contribution in [-0.2, 0) is 14.8 Å². The fourth-order valence-corrected chi connectivity index (χ4v) is 3.80. The van der Waals surface area contributed by atoms with E-state index in [9.17, 15) is 13.2 Å². The fraction of sp³-hybridized carbons (Fsp3) is 0.105. The molecule has 1 amide bonds.